The van der Waals surface area contributed by atoms with Gasteiger partial charge in [0.15, 0.2) is 5.03 Å². The normalized spacial score (nSPS) is 12.3. The number of hydrogen-bond donors (Lipinski definition) is 1. The topological polar surface area (TPSA) is 78.0 Å². The highest BCUT2D eigenvalue weighted by atomic mass is 32.2. The summed E-state index contributed by atoms with van der Waals surface area (Å²) in [5.74, 6) is 0.502. The Morgan fingerprint density at radius 3 is 2.56 bits per heavy atom. The van der Waals surface area contributed by atoms with Crippen LogP contribution in [0.4, 0.5) is 0 Å². The summed E-state index contributed by atoms with van der Waals surface area (Å²) in [7, 11) is -3.67. The Bertz CT molecular complexity index is 449. The molecule has 0 unspecified atom stereocenters. The van der Waals surface area contributed by atoms with Crippen molar-refractivity contribution in [3.63, 3.8) is 0 Å². The molecule has 92 valence electrons. The number of nitrogens with zero attached hydrogens (tertiary/aromatic N) is 2. The summed E-state index contributed by atoms with van der Waals surface area (Å²) < 4.78 is 24.2. The summed E-state index contributed by atoms with van der Waals surface area (Å²) in [6, 6.07) is 1.55. The van der Waals surface area contributed by atoms with E-state index in [0.717, 1.165) is 12.1 Å². The van der Waals surface area contributed by atoms with E-state index in [1.54, 1.807) is 6.07 Å². The van der Waals surface area contributed by atoms with E-state index in [1.165, 1.54) is 4.68 Å². The Kier molecular flexibility index (Phi) is 4.09. The van der Waals surface area contributed by atoms with Gasteiger partial charge in [-0.3, -0.25) is 4.68 Å². The molecule has 1 aromatic heterocycles. The molecule has 0 atom stereocenters. The highest BCUT2D eigenvalue weighted by Gasteiger charge is 2.16. The molecule has 0 aliphatic carbocycles. The van der Waals surface area contributed by atoms with E-state index in [9.17, 15) is 8.42 Å². The average molecular weight is 245 g/mol. The number of sulfonamides is 1. The SMILES string of the molecule is CCc1cc(S(N)(=O)=O)n(CCC(C)C)n1. The lowest BCUT2D eigenvalue weighted by Crippen LogP contribution is -2.18. The molecule has 5 nitrogen and oxygen atoms in total. The Hall–Kier alpha value is -0.880. The zero-order chi connectivity index (χ0) is 12.3. The molecule has 0 saturated carbocycles. The van der Waals surface area contributed by atoms with Crippen LogP contribution in [0.15, 0.2) is 11.1 Å². The number of primary sulfonamides is 1. The van der Waals surface area contributed by atoms with E-state index in [2.05, 4.69) is 18.9 Å². The molecule has 1 rings (SSSR count). The Morgan fingerprint density at radius 1 is 1.50 bits per heavy atom. The first-order chi connectivity index (χ1) is 7.34. The van der Waals surface area contributed by atoms with Crippen molar-refractivity contribution in [3.8, 4) is 0 Å². The molecule has 0 aliphatic heterocycles. The maximum Gasteiger partial charge on any atom is 0.255 e. The predicted octanol–water partition coefficient (Wildman–Crippen LogP) is 1.14. The van der Waals surface area contributed by atoms with Crippen molar-refractivity contribution in [2.45, 2.75) is 45.2 Å². The summed E-state index contributed by atoms with van der Waals surface area (Å²) in [5.41, 5.74) is 0.757. The summed E-state index contributed by atoms with van der Waals surface area (Å²) >= 11 is 0. The summed E-state index contributed by atoms with van der Waals surface area (Å²) in [4.78, 5) is 0. The van der Waals surface area contributed by atoms with Crippen molar-refractivity contribution in [1.29, 1.82) is 0 Å². The van der Waals surface area contributed by atoms with Gasteiger partial charge in [-0.1, -0.05) is 20.8 Å². The maximum atomic E-state index is 11.3. The van der Waals surface area contributed by atoms with Gasteiger partial charge in [0.1, 0.15) is 0 Å². The average Bonchev–Trinajstić information content (AvgIpc) is 2.57. The highest BCUT2D eigenvalue weighted by Crippen LogP contribution is 2.12. The van der Waals surface area contributed by atoms with Crippen molar-refractivity contribution < 1.29 is 8.42 Å². The van der Waals surface area contributed by atoms with Crippen LogP contribution in [-0.4, -0.2) is 18.2 Å². The molecule has 0 saturated heterocycles. The molecule has 0 radical (unpaired) electrons. The first kappa shape index (κ1) is 13.2. The molecule has 0 amide bonds. The minimum atomic E-state index is -3.67. The van der Waals surface area contributed by atoms with Gasteiger partial charge in [0, 0.05) is 6.54 Å². The minimum absolute atomic E-state index is 0.116. The fourth-order valence-corrected chi connectivity index (χ4v) is 2.12. The molecule has 0 bridgehead atoms. The first-order valence-corrected chi connectivity index (χ1v) is 6.98. The Morgan fingerprint density at radius 2 is 2.12 bits per heavy atom. The lowest BCUT2D eigenvalue weighted by Gasteiger charge is -2.07. The number of rotatable bonds is 5. The van der Waals surface area contributed by atoms with E-state index in [0.29, 0.717) is 18.9 Å². The second-order valence-electron chi connectivity index (χ2n) is 4.28. The van der Waals surface area contributed by atoms with Gasteiger partial charge in [0.2, 0.25) is 0 Å². The van der Waals surface area contributed by atoms with Crippen LogP contribution < -0.4 is 5.14 Å². The van der Waals surface area contributed by atoms with Crippen molar-refractivity contribution >= 4 is 10.0 Å². The van der Waals surface area contributed by atoms with Gasteiger partial charge < -0.3 is 0 Å². The third kappa shape index (κ3) is 3.31. The molecule has 0 spiro atoms. The number of aryl methyl sites for hydroxylation is 2. The second-order valence-corrected chi connectivity index (χ2v) is 5.79. The van der Waals surface area contributed by atoms with Crippen LogP contribution in [-0.2, 0) is 23.0 Å². The molecular formula is C10H19N3O2S. The molecule has 0 aliphatic rings. The van der Waals surface area contributed by atoms with Crippen molar-refractivity contribution in [2.24, 2.45) is 11.1 Å². The maximum absolute atomic E-state index is 11.3. The first-order valence-electron chi connectivity index (χ1n) is 5.44. The largest absolute Gasteiger partial charge is 0.255 e. The molecule has 1 aromatic rings. The summed E-state index contributed by atoms with van der Waals surface area (Å²) in [6.45, 7) is 6.69. The van der Waals surface area contributed by atoms with E-state index in [-0.39, 0.29) is 5.03 Å². The number of nitrogens with two attached hydrogens (primary N) is 1. The fraction of sp³-hybridized carbons (Fsp3) is 0.700. The molecule has 0 aromatic carbocycles. The predicted molar refractivity (Wildman–Crippen MR) is 62.4 cm³/mol. The molecular weight excluding hydrogens is 226 g/mol. The van der Waals surface area contributed by atoms with E-state index in [4.69, 9.17) is 5.14 Å². The zero-order valence-corrected chi connectivity index (χ0v) is 10.8. The monoisotopic (exact) mass is 245 g/mol. The molecule has 0 fully saturated rings. The van der Waals surface area contributed by atoms with Crippen LogP contribution in [0.2, 0.25) is 0 Å². The van der Waals surface area contributed by atoms with Crippen LogP contribution in [0, 0.1) is 5.92 Å². The zero-order valence-electron chi connectivity index (χ0n) is 9.97. The second kappa shape index (κ2) is 4.97. The standard InChI is InChI=1S/C10H19N3O2S/c1-4-9-7-10(16(11,14)15)13(12-9)6-5-8(2)3/h7-8H,4-6H2,1-3H3,(H2,11,14,15). The van der Waals surface area contributed by atoms with Crippen molar-refractivity contribution in [3.05, 3.63) is 11.8 Å². The lowest BCUT2D eigenvalue weighted by molar-refractivity contribution is 0.456. The van der Waals surface area contributed by atoms with Crippen LogP contribution >= 0.6 is 0 Å². The molecule has 6 heteroatoms. The van der Waals surface area contributed by atoms with Crippen LogP contribution in [0.1, 0.15) is 32.9 Å². The minimum Gasteiger partial charge on any atom is -0.253 e. The third-order valence-electron chi connectivity index (χ3n) is 2.37. The van der Waals surface area contributed by atoms with Crippen molar-refractivity contribution in [1.82, 2.24) is 9.78 Å². The van der Waals surface area contributed by atoms with Gasteiger partial charge in [-0.05, 0) is 24.8 Å². The quantitative estimate of drug-likeness (QED) is 0.845. The fourth-order valence-electron chi connectivity index (χ4n) is 1.39. The number of aromatic nitrogens is 2. The number of hydrogen-bond acceptors (Lipinski definition) is 3. The van der Waals surface area contributed by atoms with E-state index >= 15 is 0 Å². The van der Waals surface area contributed by atoms with Crippen molar-refractivity contribution in [2.75, 3.05) is 0 Å². The lowest BCUT2D eigenvalue weighted by atomic mass is 10.1. The smallest absolute Gasteiger partial charge is 0.253 e. The van der Waals surface area contributed by atoms with Gasteiger partial charge in [0.05, 0.1) is 5.69 Å². The van der Waals surface area contributed by atoms with Gasteiger partial charge in [-0.2, -0.15) is 5.10 Å². The van der Waals surface area contributed by atoms with Gasteiger partial charge in [-0.25, -0.2) is 13.6 Å². The van der Waals surface area contributed by atoms with Crippen LogP contribution in [0.3, 0.4) is 0 Å². The van der Waals surface area contributed by atoms with Gasteiger partial charge in [0.25, 0.3) is 10.0 Å². The third-order valence-corrected chi connectivity index (χ3v) is 3.28. The summed E-state index contributed by atoms with van der Waals surface area (Å²) in [5, 5.41) is 9.48. The van der Waals surface area contributed by atoms with Gasteiger partial charge in [-0.15, -0.1) is 0 Å². The van der Waals surface area contributed by atoms with E-state index in [1.807, 2.05) is 6.92 Å². The Labute approximate surface area is 96.7 Å². The molecule has 16 heavy (non-hydrogen) atoms. The Balaban J connectivity index is 3.02. The van der Waals surface area contributed by atoms with Crippen LogP contribution in [0.25, 0.3) is 0 Å². The molecule has 2 N–H and O–H groups in total. The van der Waals surface area contributed by atoms with E-state index < -0.39 is 10.0 Å². The molecule has 1 heterocycles. The highest BCUT2D eigenvalue weighted by molar-refractivity contribution is 7.89. The van der Waals surface area contributed by atoms with Crippen LogP contribution in [0.5, 0.6) is 0 Å². The summed E-state index contributed by atoms with van der Waals surface area (Å²) in [6.07, 6.45) is 1.59. The van der Waals surface area contributed by atoms with Gasteiger partial charge >= 0.3 is 0 Å².